The number of methoxy groups -OCH3 is 1. The SMILES string of the molecule is COC1OC(Cc2cn(C3(C)CCC3)nn2)CCC1O. The van der Waals surface area contributed by atoms with Crippen molar-refractivity contribution >= 4 is 0 Å². The summed E-state index contributed by atoms with van der Waals surface area (Å²) in [5.41, 5.74) is 1.11. The molecule has 0 aromatic carbocycles. The van der Waals surface area contributed by atoms with Crippen LogP contribution in [0.25, 0.3) is 0 Å². The fourth-order valence-corrected chi connectivity index (χ4v) is 3.01. The molecular formula is C14H23N3O3. The smallest absolute Gasteiger partial charge is 0.183 e. The average Bonchev–Trinajstić information content (AvgIpc) is 2.87. The van der Waals surface area contributed by atoms with E-state index in [4.69, 9.17) is 9.47 Å². The van der Waals surface area contributed by atoms with Crippen molar-refractivity contribution in [1.29, 1.82) is 0 Å². The summed E-state index contributed by atoms with van der Waals surface area (Å²) in [6, 6.07) is 0. The molecule has 1 N–H and O–H groups in total. The van der Waals surface area contributed by atoms with Crippen molar-refractivity contribution in [2.45, 2.75) is 69.5 Å². The Bertz CT molecular complexity index is 458. The van der Waals surface area contributed by atoms with E-state index in [2.05, 4.69) is 17.2 Å². The van der Waals surface area contributed by atoms with Gasteiger partial charge < -0.3 is 14.6 Å². The Morgan fingerprint density at radius 1 is 1.50 bits per heavy atom. The van der Waals surface area contributed by atoms with Crippen LogP contribution in [0.15, 0.2) is 6.20 Å². The molecule has 1 aliphatic carbocycles. The van der Waals surface area contributed by atoms with Gasteiger partial charge in [0.2, 0.25) is 0 Å². The second-order valence-electron chi connectivity index (χ2n) is 6.22. The monoisotopic (exact) mass is 281 g/mol. The molecule has 2 heterocycles. The Morgan fingerprint density at radius 3 is 2.95 bits per heavy atom. The van der Waals surface area contributed by atoms with Crippen molar-refractivity contribution in [1.82, 2.24) is 15.0 Å². The Hall–Kier alpha value is -0.980. The van der Waals surface area contributed by atoms with Crippen molar-refractivity contribution in [2.75, 3.05) is 7.11 Å². The summed E-state index contributed by atoms with van der Waals surface area (Å²) in [5, 5.41) is 18.2. The van der Waals surface area contributed by atoms with Gasteiger partial charge in [-0.05, 0) is 39.0 Å². The molecule has 0 radical (unpaired) electrons. The zero-order valence-electron chi connectivity index (χ0n) is 12.2. The predicted molar refractivity (Wildman–Crippen MR) is 72.1 cm³/mol. The van der Waals surface area contributed by atoms with E-state index in [0.29, 0.717) is 6.42 Å². The summed E-state index contributed by atoms with van der Waals surface area (Å²) in [7, 11) is 1.56. The van der Waals surface area contributed by atoms with Crippen molar-refractivity contribution < 1.29 is 14.6 Å². The van der Waals surface area contributed by atoms with Gasteiger partial charge in [-0.3, -0.25) is 0 Å². The average molecular weight is 281 g/mol. The minimum Gasteiger partial charge on any atom is -0.388 e. The van der Waals surface area contributed by atoms with Gasteiger partial charge in [0.05, 0.1) is 17.3 Å². The maximum Gasteiger partial charge on any atom is 0.183 e. The molecule has 3 atom stereocenters. The second-order valence-corrected chi connectivity index (χ2v) is 6.22. The number of hydrogen-bond donors (Lipinski definition) is 1. The number of aromatic nitrogens is 3. The summed E-state index contributed by atoms with van der Waals surface area (Å²) in [5.74, 6) is 0. The normalized spacial score (nSPS) is 32.9. The quantitative estimate of drug-likeness (QED) is 0.899. The molecule has 2 fully saturated rings. The number of nitrogens with zero attached hydrogens (tertiary/aromatic N) is 3. The fraction of sp³-hybridized carbons (Fsp3) is 0.857. The first-order valence-electron chi connectivity index (χ1n) is 7.39. The lowest BCUT2D eigenvalue weighted by atomic mass is 9.79. The van der Waals surface area contributed by atoms with Gasteiger partial charge in [-0.15, -0.1) is 5.10 Å². The van der Waals surface area contributed by atoms with Crippen LogP contribution in [0, 0.1) is 0 Å². The van der Waals surface area contributed by atoms with Crippen LogP contribution in [-0.2, 0) is 21.4 Å². The van der Waals surface area contributed by atoms with E-state index >= 15 is 0 Å². The molecule has 1 aliphatic heterocycles. The van der Waals surface area contributed by atoms with Gasteiger partial charge >= 0.3 is 0 Å². The third kappa shape index (κ3) is 2.60. The molecule has 112 valence electrons. The van der Waals surface area contributed by atoms with Gasteiger partial charge in [-0.2, -0.15) is 0 Å². The summed E-state index contributed by atoms with van der Waals surface area (Å²) in [4.78, 5) is 0. The van der Waals surface area contributed by atoms with Gasteiger partial charge in [0.25, 0.3) is 0 Å². The standard InChI is InChI=1S/C14H23N3O3/c1-14(6-3-7-14)17-9-10(15-16-17)8-11-4-5-12(18)13(19-2)20-11/h9,11-13,18H,3-8H2,1-2H3. The van der Waals surface area contributed by atoms with Crippen LogP contribution in [0.4, 0.5) is 0 Å². The van der Waals surface area contributed by atoms with Crippen LogP contribution in [0.1, 0.15) is 44.7 Å². The highest BCUT2D eigenvalue weighted by Crippen LogP contribution is 2.37. The molecule has 0 spiro atoms. The van der Waals surface area contributed by atoms with E-state index in [0.717, 1.165) is 18.5 Å². The van der Waals surface area contributed by atoms with E-state index < -0.39 is 12.4 Å². The zero-order chi connectivity index (χ0) is 14.2. The molecule has 3 rings (SSSR count). The number of aliphatic hydroxyl groups is 1. The summed E-state index contributed by atoms with van der Waals surface area (Å²) in [6.45, 7) is 2.23. The maximum atomic E-state index is 9.72. The molecule has 6 nitrogen and oxygen atoms in total. The first-order valence-corrected chi connectivity index (χ1v) is 7.39. The molecular weight excluding hydrogens is 258 g/mol. The van der Waals surface area contributed by atoms with Crippen molar-refractivity contribution in [3.8, 4) is 0 Å². The van der Waals surface area contributed by atoms with Crippen molar-refractivity contribution in [3.05, 3.63) is 11.9 Å². The molecule has 1 aromatic rings. The first kappa shape index (κ1) is 14.0. The first-order chi connectivity index (χ1) is 9.60. The van der Waals surface area contributed by atoms with E-state index in [9.17, 15) is 5.11 Å². The molecule has 2 aliphatic rings. The van der Waals surface area contributed by atoms with Gasteiger partial charge in [0, 0.05) is 19.7 Å². The number of ether oxygens (including phenoxy) is 2. The molecule has 3 unspecified atom stereocenters. The van der Waals surface area contributed by atoms with Gasteiger partial charge in [0.1, 0.15) is 6.10 Å². The van der Waals surface area contributed by atoms with Gasteiger partial charge in [-0.25, -0.2) is 4.68 Å². The second kappa shape index (κ2) is 5.42. The number of hydrogen-bond acceptors (Lipinski definition) is 5. The molecule has 1 saturated heterocycles. The lowest BCUT2D eigenvalue weighted by Gasteiger charge is -2.37. The maximum absolute atomic E-state index is 9.72. The third-order valence-electron chi connectivity index (χ3n) is 4.62. The number of aliphatic hydroxyl groups excluding tert-OH is 1. The Kier molecular flexibility index (Phi) is 3.79. The van der Waals surface area contributed by atoms with Gasteiger partial charge in [-0.1, -0.05) is 5.21 Å². The zero-order valence-corrected chi connectivity index (χ0v) is 12.2. The highest BCUT2D eigenvalue weighted by atomic mass is 16.7. The molecule has 0 amide bonds. The minimum atomic E-state index is -0.527. The molecule has 20 heavy (non-hydrogen) atoms. The van der Waals surface area contributed by atoms with Crippen molar-refractivity contribution in [3.63, 3.8) is 0 Å². The molecule has 6 heteroatoms. The van der Waals surface area contributed by atoms with Gasteiger partial charge in [0.15, 0.2) is 6.29 Å². The summed E-state index contributed by atoms with van der Waals surface area (Å²) >= 11 is 0. The Morgan fingerprint density at radius 2 is 2.30 bits per heavy atom. The molecule has 0 bridgehead atoms. The van der Waals surface area contributed by atoms with Crippen LogP contribution >= 0.6 is 0 Å². The fourth-order valence-electron chi connectivity index (χ4n) is 3.01. The molecule has 1 saturated carbocycles. The largest absolute Gasteiger partial charge is 0.388 e. The number of rotatable bonds is 4. The van der Waals surface area contributed by atoms with Crippen LogP contribution in [0.5, 0.6) is 0 Å². The topological polar surface area (TPSA) is 69.4 Å². The predicted octanol–water partition coefficient (Wildman–Crippen LogP) is 1.23. The van der Waals surface area contributed by atoms with E-state index in [1.807, 2.05) is 10.9 Å². The lowest BCUT2D eigenvalue weighted by Crippen LogP contribution is -2.40. The van der Waals surface area contributed by atoms with E-state index in [1.54, 1.807) is 7.11 Å². The van der Waals surface area contributed by atoms with E-state index in [1.165, 1.54) is 19.3 Å². The minimum absolute atomic E-state index is 0.0442. The summed E-state index contributed by atoms with van der Waals surface area (Å²) < 4.78 is 12.9. The highest BCUT2D eigenvalue weighted by molar-refractivity contribution is 5.00. The van der Waals surface area contributed by atoms with Crippen molar-refractivity contribution in [2.24, 2.45) is 0 Å². The molecule has 1 aromatic heterocycles. The van der Waals surface area contributed by atoms with Crippen LogP contribution in [-0.4, -0.2) is 45.7 Å². The van der Waals surface area contributed by atoms with Crippen LogP contribution in [0.2, 0.25) is 0 Å². The van der Waals surface area contributed by atoms with Crippen LogP contribution < -0.4 is 0 Å². The van der Waals surface area contributed by atoms with Crippen LogP contribution in [0.3, 0.4) is 0 Å². The Labute approximate surface area is 119 Å². The van der Waals surface area contributed by atoms with E-state index in [-0.39, 0.29) is 11.6 Å². The Balaban J connectivity index is 1.61. The summed E-state index contributed by atoms with van der Waals surface area (Å²) in [6.07, 6.45) is 6.90. The highest BCUT2D eigenvalue weighted by Gasteiger charge is 2.35. The third-order valence-corrected chi connectivity index (χ3v) is 4.62. The lowest BCUT2D eigenvalue weighted by molar-refractivity contribution is -0.228.